The Balaban J connectivity index is 1.63. The van der Waals surface area contributed by atoms with Crippen molar-refractivity contribution in [3.8, 4) is 0 Å². The summed E-state index contributed by atoms with van der Waals surface area (Å²) in [6.07, 6.45) is 0. The van der Waals surface area contributed by atoms with Gasteiger partial charge in [0.15, 0.2) is 0 Å². The lowest BCUT2D eigenvalue weighted by Crippen LogP contribution is -2.41. The van der Waals surface area contributed by atoms with Crippen LogP contribution in [0.1, 0.15) is 11.1 Å². The van der Waals surface area contributed by atoms with Crippen LogP contribution in [0.4, 0.5) is 5.69 Å². The van der Waals surface area contributed by atoms with E-state index in [9.17, 15) is 13.2 Å². The largest absolute Gasteiger partial charge is 0.354 e. The lowest BCUT2D eigenvalue weighted by atomic mass is 10.2. The highest BCUT2D eigenvalue weighted by atomic mass is 35.5. The lowest BCUT2D eigenvalue weighted by molar-refractivity contribution is -0.119. The first-order valence-electron chi connectivity index (χ1n) is 10.3. The number of nitrogens with zero attached hydrogens (tertiary/aromatic N) is 1. The van der Waals surface area contributed by atoms with E-state index in [0.29, 0.717) is 38.8 Å². The van der Waals surface area contributed by atoms with Crippen molar-refractivity contribution in [1.82, 2.24) is 5.32 Å². The summed E-state index contributed by atoms with van der Waals surface area (Å²) >= 11 is 19.5. The predicted molar refractivity (Wildman–Crippen MR) is 143 cm³/mol. The number of thioether (sulfide) groups is 1. The fraction of sp³-hybridized carbons (Fsp3) is 0.208. The number of sulfonamides is 1. The molecule has 0 saturated carbocycles. The second-order valence-corrected chi connectivity index (χ2v) is 11.7. The molecule has 0 spiro atoms. The van der Waals surface area contributed by atoms with Crippen molar-refractivity contribution in [2.45, 2.75) is 17.6 Å². The van der Waals surface area contributed by atoms with Gasteiger partial charge < -0.3 is 5.32 Å². The number of hydrogen-bond acceptors (Lipinski definition) is 4. The Labute approximate surface area is 219 Å². The van der Waals surface area contributed by atoms with Gasteiger partial charge in [0, 0.05) is 23.1 Å². The molecule has 1 amide bonds. The van der Waals surface area contributed by atoms with Gasteiger partial charge in [-0.3, -0.25) is 9.10 Å². The number of carbonyl (C=O) groups excluding carboxylic acids is 1. The second-order valence-electron chi connectivity index (χ2n) is 7.46. The van der Waals surface area contributed by atoms with E-state index in [1.165, 1.54) is 24.3 Å². The quantitative estimate of drug-likeness (QED) is 0.301. The maximum Gasteiger partial charge on any atom is 0.264 e. The predicted octanol–water partition coefficient (Wildman–Crippen LogP) is 6.20. The highest BCUT2D eigenvalue weighted by molar-refractivity contribution is 7.98. The van der Waals surface area contributed by atoms with Crippen molar-refractivity contribution in [2.75, 3.05) is 23.1 Å². The average molecular weight is 558 g/mol. The molecule has 0 bridgehead atoms. The van der Waals surface area contributed by atoms with Gasteiger partial charge in [-0.2, -0.15) is 11.8 Å². The van der Waals surface area contributed by atoms with Gasteiger partial charge in [0.2, 0.25) is 5.91 Å². The van der Waals surface area contributed by atoms with E-state index in [-0.39, 0.29) is 11.4 Å². The summed E-state index contributed by atoms with van der Waals surface area (Å²) in [5, 5.41) is 4.25. The topological polar surface area (TPSA) is 66.5 Å². The van der Waals surface area contributed by atoms with Gasteiger partial charge in [-0.15, -0.1) is 0 Å². The number of amides is 1. The average Bonchev–Trinajstić information content (AvgIpc) is 2.79. The molecule has 34 heavy (non-hydrogen) atoms. The van der Waals surface area contributed by atoms with E-state index < -0.39 is 15.9 Å². The number of rotatable bonds is 10. The zero-order valence-electron chi connectivity index (χ0n) is 18.3. The molecule has 1 N–H and O–H groups in total. The fourth-order valence-corrected chi connectivity index (χ4v) is 5.77. The number of halogens is 3. The van der Waals surface area contributed by atoms with Crippen LogP contribution in [0.3, 0.4) is 0 Å². The minimum Gasteiger partial charge on any atom is -0.354 e. The Kier molecular flexibility index (Phi) is 9.56. The third-order valence-corrected chi connectivity index (χ3v) is 8.61. The Morgan fingerprint density at radius 3 is 2.38 bits per heavy atom. The van der Waals surface area contributed by atoms with Crippen LogP contribution in [0.5, 0.6) is 0 Å². The molecule has 0 saturated heterocycles. The van der Waals surface area contributed by atoms with Crippen LogP contribution >= 0.6 is 46.6 Å². The third-order valence-electron chi connectivity index (χ3n) is 4.80. The molecule has 0 aliphatic carbocycles. The molecular weight excluding hydrogens is 535 g/mol. The summed E-state index contributed by atoms with van der Waals surface area (Å²) < 4.78 is 27.8. The van der Waals surface area contributed by atoms with E-state index in [2.05, 4.69) is 5.32 Å². The first-order chi connectivity index (χ1) is 16.2. The van der Waals surface area contributed by atoms with Gasteiger partial charge in [-0.05, 0) is 66.6 Å². The van der Waals surface area contributed by atoms with Crippen molar-refractivity contribution in [1.29, 1.82) is 0 Å². The van der Waals surface area contributed by atoms with Gasteiger partial charge in [0.25, 0.3) is 10.0 Å². The van der Waals surface area contributed by atoms with Gasteiger partial charge in [0.05, 0.1) is 20.6 Å². The summed E-state index contributed by atoms with van der Waals surface area (Å²) in [4.78, 5) is 12.7. The van der Waals surface area contributed by atoms with Gasteiger partial charge in [0.1, 0.15) is 6.54 Å². The van der Waals surface area contributed by atoms with Crippen LogP contribution in [-0.2, 0) is 20.6 Å². The molecule has 0 aliphatic heterocycles. The minimum atomic E-state index is -3.98. The number of anilines is 1. The van der Waals surface area contributed by atoms with Crippen molar-refractivity contribution in [3.63, 3.8) is 0 Å². The third kappa shape index (κ3) is 7.30. The van der Waals surface area contributed by atoms with Crippen molar-refractivity contribution >= 4 is 68.2 Å². The summed E-state index contributed by atoms with van der Waals surface area (Å²) in [6, 6.07) is 18.4. The SMILES string of the molecule is Cc1cccc(N(CC(=O)NCCSCc2ccc(Cl)c(Cl)c2)S(=O)(=O)c2ccc(Cl)cc2)c1. The van der Waals surface area contributed by atoms with Crippen LogP contribution in [-0.4, -0.2) is 33.2 Å². The normalized spacial score (nSPS) is 11.3. The van der Waals surface area contributed by atoms with Crippen LogP contribution in [0.15, 0.2) is 71.6 Å². The molecule has 0 unspecified atom stereocenters. The maximum atomic E-state index is 13.4. The fourth-order valence-electron chi connectivity index (χ4n) is 3.10. The van der Waals surface area contributed by atoms with E-state index in [4.69, 9.17) is 34.8 Å². The van der Waals surface area contributed by atoms with Gasteiger partial charge >= 0.3 is 0 Å². The maximum absolute atomic E-state index is 13.4. The first kappa shape index (κ1) is 26.7. The van der Waals surface area contributed by atoms with Crippen molar-refractivity contribution in [3.05, 3.63) is 92.9 Å². The highest BCUT2D eigenvalue weighted by Gasteiger charge is 2.27. The van der Waals surface area contributed by atoms with Crippen molar-refractivity contribution in [2.24, 2.45) is 0 Å². The van der Waals surface area contributed by atoms with Crippen molar-refractivity contribution < 1.29 is 13.2 Å². The molecule has 0 aliphatic rings. The minimum absolute atomic E-state index is 0.0587. The van der Waals surface area contributed by atoms with Crippen LogP contribution in [0, 0.1) is 6.92 Å². The van der Waals surface area contributed by atoms with E-state index in [1.54, 1.807) is 36.0 Å². The molecule has 0 heterocycles. The summed E-state index contributed by atoms with van der Waals surface area (Å²) in [7, 11) is -3.98. The van der Waals surface area contributed by atoms with E-state index >= 15 is 0 Å². The molecule has 3 rings (SSSR count). The number of aryl methyl sites for hydroxylation is 1. The van der Waals surface area contributed by atoms with Gasteiger partial charge in [-0.25, -0.2) is 8.42 Å². The molecular formula is C24H23Cl3N2O3S2. The summed E-state index contributed by atoms with van der Waals surface area (Å²) in [5.74, 6) is 0.974. The molecule has 180 valence electrons. The zero-order valence-corrected chi connectivity index (χ0v) is 22.2. The van der Waals surface area contributed by atoms with Crippen LogP contribution in [0.25, 0.3) is 0 Å². The Morgan fingerprint density at radius 2 is 1.71 bits per heavy atom. The molecule has 5 nitrogen and oxygen atoms in total. The number of nitrogens with one attached hydrogen (secondary N) is 1. The second kappa shape index (κ2) is 12.2. The molecule has 3 aromatic rings. The summed E-state index contributed by atoms with van der Waals surface area (Å²) in [6.45, 7) is 1.92. The number of benzene rings is 3. The highest BCUT2D eigenvalue weighted by Crippen LogP contribution is 2.26. The summed E-state index contributed by atoms with van der Waals surface area (Å²) in [5.41, 5.74) is 2.33. The first-order valence-corrected chi connectivity index (χ1v) is 14.0. The molecule has 0 fully saturated rings. The molecule has 10 heteroatoms. The van der Waals surface area contributed by atoms with Crippen LogP contribution < -0.4 is 9.62 Å². The lowest BCUT2D eigenvalue weighted by Gasteiger charge is -2.24. The Hall–Kier alpha value is -1.90. The molecule has 0 aromatic heterocycles. The Bertz CT molecular complexity index is 1250. The zero-order chi connectivity index (χ0) is 24.7. The number of hydrogen-bond donors (Lipinski definition) is 1. The smallest absolute Gasteiger partial charge is 0.264 e. The molecule has 3 aromatic carbocycles. The van der Waals surface area contributed by atoms with E-state index in [0.717, 1.165) is 15.4 Å². The van der Waals surface area contributed by atoms with E-state index in [1.807, 2.05) is 25.1 Å². The molecule has 0 radical (unpaired) electrons. The standard InChI is InChI=1S/C24H23Cl3N2O3S2/c1-17-3-2-4-20(13-17)29(34(31,32)21-8-6-19(25)7-9-21)15-24(30)28-11-12-33-16-18-5-10-22(26)23(27)14-18/h2-10,13-14H,11-12,15-16H2,1H3,(H,28,30). The number of carbonyl (C=O) groups is 1. The van der Waals surface area contributed by atoms with Gasteiger partial charge in [-0.1, -0.05) is 53.0 Å². The monoisotopic (exact) mass is 556 g/mol. The Morgan fingerprint density at radius 1 is 0.971 bits per heavy atom. The van der Waals surface area contributed by atoms with Crippen LogP contribution in [0.2, 0.25) is 15.1 Å². The molecule has 0 atom stereocenters.